The molecule has 2 heterocycles. The molecule has 2 aromatic rings. The lowest BCUT2D eigenvalue weighted by molar-refractivity contribution is -0.129. The van der Waals surface area contributed by atoms with Crippen LogP contribution >= 0.6 is 0 Å². The van der Waals surface area contributed by atoms with Crippen LogP contribution in [-0.2, 0) is 21.2 Å². The number of rotatable bonds is 6. The molecule has 1 amide bonds. The smallest absolute Gasteiger partial charge is 0.276 e. The Hall–Kier alpha value is -2.81. The Morgan fingerprint density at radius 3 is 2.43 bits per heavy atom. The van der Waals surface area contributed by atoms with E-state index < -0.39 is 10.0 Å². The summed E-state index contributed by atoms with van der Waals surface area (Å²) in [4.78, 5) is 24.1. The monoisotopic (exact) mass is 431 g/mol. The molecule has 0 radical (unpaired) electrons. The van der Waals surface area contributed by atoms with E-state index in [1.807, 2.05) is 6.92 Å². The summed E-state index contributed by atoms with van der Waals surface area (Å²) in [6, 6.07) is 8.40. The van der Waals surface area contributed by atoms with Crippen LogP contribution in [0.1, 0.15) is 38.4 Å². The molecule has 3 rings (SSSR count). The van der Waals surface area contributed by atoms with Gasteiger partial charge in [0.05, 0.1) is 4.90 Å². The molecule has 162 valence electrons. The van der Waals surface area contributed by atoms with Crippen LogP contribution in [0.5, 0.6) is 0 Å². The van der Waals surface area contributed by atoms with Crippen molar-refractivity contribution >= 4 is 21.6 Å². The first-order valence-corrected chi connectivity index (χ1v) is 11.0. The number of nitrogens with one attached hydrogen (secondary N) is 1. The third-order valence-electron chi connectivity index (χ3n) is 5.06. The summed E-state index contributed by atoms with van der Waals surface area (Å²) in [7, 11) is -3.76. The number of likely N-dealkylation sites (tertiary alicyclic amines) is 1. The Kier molecular flexibility index (Phi) is 8.05. The highest BCUT2D eigenvalue weighted by Crippen LogP contribution is 2.21. The van der Waals surface area contributed by atoms with Gasteiger partial charge in [-0.05, 0) is 38.0 Å². The molecule has 1 aromatic carbocycles. The van der Waals surface area contributed by atoms with Crippen LogP contribution in [0.3, 0.4) is 0 Å². The number of nitrogens with zero attached hydrogens (tertiary/aromatic N) is 4. The van der Waals surface area contributed by atoms with Crippen molar-refractivity contribution < 1.29 is 13.2 Å². The average molecular weight is 432 g/mol. The van der Waals surface area contributed by atoms with E-state index in [0.29, 0.717) is 25.2 Å². The zero-order valence-corrected chi connectivity index (χ0v) is 17.4. The molecule has 1 aliphatic heterocycles. The van der Waals surface area contributed by atoms with Gasteiger partial charge in [-0.15, -0.1) is 0 Å². The lowest BCUT2D eigenvalue weighted by Gasteiger charge is -2.31. The van der Waals surface area contributed by atoms with Crippen molar-refractivity contribution in [2.75, 3.05) is 13.1 Å². The molecular weight excluding hydrogens is 402 g/mol. The van der Waals surface area contributed by atoms with E-state index in [1.165, 1.54) is 6.33 Å². The third-order valence-corrected chi connectivity index (χ3v) is 6.28. The van der Waals surface area contributed by atoms with Crippen molar-refractivity contribution in [2.45, 2.75) is 45.4 Å². The highest BCUT2D eigenvalue weighted by Gasteiger charge is 2.26. The summed E-state index contributed by atoms with van der Waals surface area (Å²) in [6.45, 7) is 4.72. The molecule has 0 unspecified atom stereocenters. The first kappa shape index (κ1) is 23.5. The number of benzene rings is 1. The van der Waals surface area contributed by atoms with E-state index in [1.54, 1.807) is 48.4 Å². The second-order valence-corrected chi connectivity index (χ2v) is 8.83. The maximum Gasteiger partial charge on any atom is 0.276 e. The van der Waals surface area contributed by atoms with Crippen LogP contribution in [0.4, 0.5) is 0 Å². The van der Waals surface area contributed by atoms with Crippen LogP contribution in [0.25, 0.3) is 0 Å². The molecule has 9 heteroatoms. The molecule has 1 N–H and O–H groups in total. The van der Waals surface area contributed by atoms with E-state index >= 15 is 0 Å². The largest absolute Gasteiger partial charge is 0.343 e. The van der Waals surface area contributed by atoms with Gasteiger partial charge in [-0.2, -0.15) is 13.5 Å². The Morgan fingerprint density at radius 2 is 1.87 bits per heavy atom. The Balaban J connectivity index is 0.00000320. The fourth-order valence-corrected chi connectivity index (χ4v) is 4.14. The summed E-state index contributed by atoms with van der Waals surface area (Å²) in [5, 5.41) is 4.30. The van der Waals surface area contributed by atoms with Gasteiger partial charge in [-0.3, -0.25) is 4.79 Å². The normalized spacial score (nSPS) is 15.4. The van der Waals surface area contributed by atoms with Crippen molar-refractivity contribution in [1.29, 1.82) is 0 Å². The molecule has 0 aliphatic carbocycles. The maximum atomic E-state index is 12.6. The van der Waals surface area contributed by atoms with Crippen molar-refractivity contribution in [2.24, 2.45) is 11.0 Å². The minimum Gasteiger partial charge on any atom is -0.343 e. The molecular formula is C21H29N5O3S. The van der Waals surface area contributed by atoms with Crippen molar-refractivity contribution in [1.82, 2.24) is 19.7 Å². The van der Waals surface area contributed by atoms with Gasteiger partial charge >= 0.3 is 0 Å². The third kappa shape index (κ3) is 6.09. The molecule has 8 nitrogen and oxygen atoms in total. The molecule has 0 bridgehead atoms. The van der Waals surface area contributed by atoms with E-state index in [0.717, 1.165) is 24.1 Å². The fourth-order valence-electron chi connectivity index (χ4n) is 3.30. The zero-order valence-electron chi connectivity index (χ0n) is 16.6. The summed E-state index contributed by atoms with van der Waals surface area (Å²) in [6.07, 6.45) is 4.99. The quantitative estimate of drug-likeness (QED) is 0.559. The Morgan fingerprint density at radius 1 is 1.20 bits per heavy atom. The van der Waals surface area contributed by atoms with Gasteiger partial charge in [0.25, 0.3) is 10.0 Å². The van der Waals surface area contributed by atoms with Crippen LogP contribution in [0, 0.1) is 12.8 Å². The first-order chi connectivity index (χ1) is 13.8. The maximum absolute atomic E-state index is 12.6. The molecule has 1 saturated heterocycles. The second kappa shape index (κ2) is 10.3. The standard InChI is InChI=1S/C20H25N5O3S.CH4/c1-15-3-5-19(6-4-15)29(27,28)24-23-20(13-18-7-10-21-14-22-18)17-8-11-25(12-9-17)16(2)26;/h3-7,10,14,17,24H,8-9,11-13H2,1-2H3;1H4/b23-20+;. The van der Waals surface area contributed by atoms with Gasteiger partial charge in [0.2, 0.25) is 5.91 Å². The van der Waals surface area contributed by atoms with Gasteiger partial charge in [-0.25, -0.2) is 14.8 Å². The molecule has 0 atom stereocenters. The van der Waals surface area contributed by atoms with Gasteiger partial charge in [0.15, 0.2) is 0 Å². The predicted molar refractivity (Wildman–Crippen MR) is 116 cm³/mol. The van der Waals surface area contributed by atoms with Crippen molar-refractivity contribution in [3.05, 3.63) is 54.1 Å². The van der Waals surface area contributed by atoms with E-state index in [4.69, 9.17) is 0 Å². The molecule has 1 aliphatic rings. The average Bonchev–Trinajstić information content (AvgIpc) is 2.72. The zero-order chi connectivity index (χ0) is 20.9. The number of sulfonamides is 1. The van der Waals surface area contributed by atoms with E-state index in [9.17, 15) is 13.2 Å². The first-order valence-electron chi connectivity index (χ1n) is 9.50. The van der Waals surface area contributed by atoms with Crippen LogP contribution in [0.15, 0.2) is 52.9 Å². The number of aryl methyl sites for hydroxylation is 1. The highest BCUT2D eigenvalue weighted by atomic mass is 32.2. The second-order valence-electron chi connectivity index (χ2n) is 7.17. The van der Waals surface area contributed by atoms with Gasteiger partial charge in [-0.1, -0.05) is 25.1 Å². The summed E-state index contributed by atoms with van der Waals surface area (Å²) >= 11 is 0. The number of aromatic nitrogens is 2. The van der Waals surface area contributed by atoms with Crippen molar-refractivity contribution in [3.8, 4) is 0 Å². The van der Waals surface area contributed by atoms with Gasteiger partial charge in [0, 0.05) is 50.0 Å². The number of amides is 1. The summed E-state index contributed by atoms with van der Waals surface area (Å²) < 4.78 is 25.3. The fraction of sp³-hybridized carbons (Fsp3) is 0.429. The predicted octanol–water partition coefficient (Wildman–Crippen LogP) is 2.56. The highest BCUT2D eigenvalue weighted by molar-refractivity contribution is 7.89. The number of hydrogen-bond donors (Lipinski definition) is 1. The van der Waals surface area contributed by atoms with Gasteiger partial charge in [0.1, 0.15) is 6.33 Å². The minimum absolute atomic E-state index is 0. The SMILES string of the molecule is C.CC(=O)N1CCC(/C(Cc2ccncn2)=N/NS(=O)(=O)c2ccc(C)cc2)CC1. The number of hydrazone groups is 1. The topological polar surface area (TPSA) is 105 Å². The number of hydrogen-bond acceptors (Lipinski definition) is 6. The molecule has 1 fully saturated rings. The number of piperidine rings is 1. The van der Waals surface area contributed by atoms with Crippen LogP contribution in [0.2, 0.25) is 0 Å². The summed E-state index contributed by atoms with van der Waals surface area (Å²) in [5.41, 5.74) is 2.46. The van der Waals surface area contributed by atoms with Crippen molar-refractivity contribution in [3.63, 3.8) is 0 Å². The summed E-state index contributed by atoms with van der Waals surface area (Å²) in [5.74, 6) is 0.124. The lowest BCUT2D eigenvalue weighted by Crippen LogP contribution is -2.40. The Bertz CT molecular complexity index is 967. The van der Waals surface area contributed by atoms with E-state index in [-0.39, 0.29) is 24.1 Å². The molecule has 0 saturated carbocycles. The van der Waals surface area contributed by atoms with Gasteiger partial charge < -0.3 is 4.90 Å². The minimum atomic E-state index is -3.76. The lowest BCUT2D eigenvalue weighted by atomic mass is 9.89. The number of carbonyl (C=O) groups is 1. The van der Waals surface area contributed by atoms with Crippen LogP contribution < -0.4 is 4.83 Å². The van der Waals surface area contributed by atoms with Crippen LogP contribution in [-0.4, -0.2) is 48.0 Å². The van der Waals surface area contributed by atoms with E-state index in [2.05, 4.69) is 19.9 Å². The molecule has 30 heavy (non-hydrogen) atoms. The number of carbonyl (C=O) groups excluding carboxylic acids is 1. The Labute approximate surface area is 178 Å². The molecule has 1 aromatic heterocycles. The molecule has 0 spiro atoms.